The molecule has 0 saturated carbocycles. The van der Waals surface area contributed by atoms with Crippen LogP contribution in [0.1, 0.15) is 19.4 Å². The van der Waals surface area contributed by atoms with Crippen molar-refractivity contribution < 1.29 is 4.42 Å². The molecule has 0 unspecified atom stereocenters. The number of nitrogen functional groups attached to an aromatic ring is 1. The van der Waals surface area contributed by atoms with Gasteiger partial charge in [0.25, 0.3) is 0 Å². The third-order valence-corrected chi connectivity index (χ3v) is 3.14. The van der Waals surface area contributed by atoms with Crippen molar-refractivity contribution in [1.82, 2.24) is 0 Å². The summed E-state index contributed by atoms with van der Waals surface area (Å²) in [4.78, 5) is 13.9. The number of benzene rings is 1. The molecular weight excluding hydrogens is 278 g/mol. The molecule has 1 heterocycles. The van der Waals surface area contributed by atoms with Gasteiger partial charge in [0.1, 0.15) is 17.0 Å². The SMILES string of the molecule is CCN(CC)c1ccc2cc(C(=N)N)c(=O)oc2c1.Cl. The van der Waals surface area contributed by atoms with Crippen molar-refractivity contribution in [2.75, 3.05) is 18.0 Å². The third kappa shape index (κ3) is 2.93. The van der Waals surface area contributed by atoms with Gasteiger partial charge in [-0.1, -0.05) is 0 Å². The average molecular weight is 296 g/mol. The van der Waals surface area contributed by atoms with E-state index in [2.05, 4.69) is 18.7 Å². The van der Waals surface area contributed by atoms with Gasteiger partial charge in [-0.3, -0.25) is 5.41 Å². The summed E-state index contributed by atoms with van der Waals surface area (Å²) in [7, 11) is 0. The van der Waals surface area contributed by atoms with Gasteiger partial charge in [-0.05, 0) is 32.0 Å². The van der Waals surface area contributed by atoms with Crippen LogP contribution in [0.15, 0.2) is 33.5 Å². The Labute approximate surface area is 123 Å². The van der Waals surface area contributed by atoms with E-state index in [4.69, 9.17) is 15.6 Å². The van der Waals surface area contributed by atoms with Crippen molar-refractivity contribution in [2.24, 2.45) is 5.73 Å². The summed E-state index contributed by atoms with van der Waals surface area (Å²) in [5.41, 5.74) is 6.39. The molecule has 0 aliphatic rings. The van der Waals surface area contributed by atoms with E-state index >= 15 is 0 Å². The van der Waals surface area contributed by atoms with Crippen LogP contribution in [-0.4, -0.2) is 18.9 Å². The molecule has 3 N–H and O–H groups in total. The number of hydrogen-bond donors (Lipinski definition) is 2. The second-order valence-corrected chi connectivity index (χ2v) is 4.26. The monoisotopic (exact) mass is 295 g/mol. The Kier molecular flexibility index (Phi) is 5.16. The summed E-state index contributed by atoms with van der Waals surface area (Å²) in [6.45, 7) is 5.92. The molecule has 2 rings (SSSR count). The molecule has 0 saturated heterocycles. The maximum atomic E-state index is 11.7. The first-order valence-electron chi connectivity index (χ1n) is 6.24. The number of nitrogens with zero attached hydrogens (tertiary/aromatic N) is 1. The number of hydrogen-bond acceptors (Lipinski definition) is 4. The highest BCUT2D eigenvalue weighted by Gasteiger charge is 2.09. The fraction of sp³-hybridized carbons (Fsp3) is 0.286. The van der Waals surface area contributed by atoms with Gasteiger partial charge in [-0.25, -0.2) is 4.79 Å². The fourth-order valence-corrected chi connectivity index (χ4v) is 2.07. The maximum Gasteiger partial charge on any atom is 0.347 e. The fourth-order valence-electron chi connectivity index (χ4n) is 2.07. The second-order valence-electron chi connectivity index (χ2n) is 4.26. The largest absolute Gasteiger partial charge is 0.422 e. The Morgan fingerprint density at radius 1 is 1.30 bits per heavy atom. The highest BCUT2D eigenvalue weighted by molar-refractivity contribution is 5.97. The molecule has 0 atom stereocenters. The van der Waals surface area contributed by atoms with Crippen molar-refractivity contribution in [3.8, 4) is 0 Å². The summed E-state index contributed by atoms with van der Waals surface area (Å²) >= 11 is 0. The number of fused-ring (bicyclic) bond motifs is 1. The Balaban J connectivity index is 0.00000200. The molecule has 108 valence electrons. The number of rotatable bonds is 4. The molecule has 0 fully saturated rings. The Morgan fingerprint density at radius 3 is 2.50 bits per heavy atom. The van der Waals surface area contributed by atoms with E-state index in [0.717, 1.165) is 24.2 Å². The highest BCUT2D eigenvalue weighted by atomic mass is 35.5. The Morgan fingerprint density at radius 2 is 1.95 bits per heavy atom. The highest BCUT2D eigenvalue weighted by Crippen LogP contribution is 2.21. The lowest BCUT2D eigenvalue weighted by Gasteiger charge is -2.20. The molecular formula is C14H18ClN3O2. The number of amidine groups is 1. The number of halogens is 1. The van der Waals surface area contributed by atoms with E-state index < -0.39 is 5.63 Å². The molecule has 20 heavy (non-hydrogen) atoms. The first-order chi connectivity index (χ1) is 9.06. The predicted molar refractivity (Wildman–Crippen MR) is 84.3 cm³/mol. The summed E-state index contributed by atoms with van der Waals surface area (Å²) in [5, 5.41) is 8.10. The third-order valence-electron chi connectivity index (χ3n) is 3.14. The molecule has 0 radical (unpaired) electrons. The van der Waals surface area contributed by atoms with Gasteiger partial charge in [-0.2, -0.15) is 0 Å². The summed E-state index contributed by atoms with van der Waals surface area (Å²) < 4.78 is 5.23. The lowest BCUT2D eigenvalue weighted by molar-refractivity contribution is 0.559. The van der Waals surface area contributed by atoms with Gasteiger partial charge in [0.15, 0.2) is 0 Å². The maximum absolute atomic E-state index is 11.7. The zero-order chi connectivity index (χ0) is 14.0. The van der Waals surface area contributed by atoms with Crippen LogP contribution >= 0.6 is 12.4 Å². The first kappa shape index (κ1) is 16.0. The molecule has 0 aliphatic carbocycles. The van der Waals surface area contributed by atoms with Crippen molar-refractivity contribution in [2.45, 2.75) is 13.8 Å². The minimum atomic E-state index is -0.573. The van der Waals surface area contributed by atoms with E-state index in [1.165, 1.54) is 0 Å². The van der Waals surface area contributed by atoms with Crippen LogP contribution in [-0.2, 0) is 0 Å². The molecule has 6 heteroatoms. The van der Waals surface area contributed by atoms with Gasteiger partial charge in [0.2, 0.25) is 0 Å². The van der Waals surface area contributed by atoms with Crippen LogP contribution in [0.3, 0.4) is 0 Å². The summed E-state index contributed by atoms with van der Waals surface area (Å²) in [5.74, 6) is -0.275. The minimum Gasteiger partial charge on any atom is -0.422 e. The van der Waals surface area contributed by atoms with Gasteiger partial charge in [0.05, 0.1) is 0 Å². The normalized spacial score (nSPS) is 10.1. The Hall–Kier alpha value is -2.01. The molecule has 0 amide bonds. The van der Waals surface area contributed by atoms with E-state index in [0.29, 0.717) is 5.58 Å². The van der Waals surface area contributed by atoms with Gasteiger partial charge < -0.3 is 15.1 Å². The number of anilines is 1. The summed E-state index contributed by atoms with van der Waals surface area (Å²) in [6, 6.07) is 7.28. The Bertz CT molecular complexity index is 678. The molecule has 2 aromatic rings. The number of nitrogens with two attached hydrogens (primary N) is 1. The van der Waals surface area contributed by atoms with Crippen molar-refractivity contribution >= 4 is 34.9 Å². The molecule has 0 bridgehead atoms. The smallest absolute Gasteiger partial charge is 0.347 e. The minimum absolute atomic E-state index is 0. The topological polar surface area (TPSA) is 83.3 Å². The predicted octanol–water partition coefficient (Wildman–Crippen LogP) is 2.35. The standard InChI is InChI=1S/C14H17N3O2.ClH/c1-3-17(4-2)10-6-5-9-7-11(13(15)16)14(18)19-12(9)8-10;/h5-8H,3-4H2,1-2H3,(H3,15,16);1H. The van der Waals surface area contributed by atoms with Gasteiger partial charge in [-0.15, -0.1) is 12.4 Å². The molecule has 0 spiro atoms. The molecule has 1 aromatic heterocycles. The molecule has 5 nitrogen and oxygen atoms in total. The van der Waals surface area contributed by atoms with E-state index in [1.54, 1.807) is 6.07 Å². The lowest BCUT2D eigenvalue weighted by atomic mass is 10.1. The second kappa shape index (κ2) is 6.43. The van der Waals surface area contributed by atoms with Gasteiger partial charge in [0, 0.05) is 30.2 Å². The number of nitrogens with one attached hydrogen (secondary N) is 1. The van der Waals surface area contributed by atoms with Crippen LogP contribution in [0.5, 0.6) is 0 Å². The van der Waals surface area contributed by atoms with Crippen molar-refractivity contribution in [1.29, 1.82) is 5.41 Å². The van der Waals surface area contributed by atoms with E-state index in [-0.39, 0.29) is 23.8 Å². The first-order valence-corrected chi connectivity index (χ1v) is 6.24. The molecule has 1 aromatic carbocycles. The zero-order valence-electron chi connectivity index (χ0n) is 11.5. The zero-order valence-corrected chi connectivity index (χ0v) is 12.3. The van der Waals surface area contributed by atoms with Crippen LogP contribution in [0.2, 0.25) is 0 Å². The van der Waals surface area contributed by atoms with Crippen LogP contribution in [0, 0.1) is 5.41 Å². The lowest BCUT2D eigenvalue weighted by Crippen LogP contribution is -2.22. The van der Waals surface area contributed by atoms with Gasteiger partial charge >= 0.3 is 5.63 Å². The quantitative estimate of drug-likeness (QED) is 0.515. The van der Waals surface area contributed by atoms with Crippen LogP contribution in [0.25, 0.3) is 11.0 Å². The molecule has 0 aliphatic heterocycles. The van der Waals surface area contributed by atoms with E-state index in [9.17, 15) is 4.79 Å². The van der Waals surface area contributed by atoms with Crippen LogP contribution < -0.4 is 16.3 Å². The summed E-state index contributed by atoms with van der Waals surface area (Å²) in [6.07, 6.45) is 0. The van der Waals surface area contributed by atoms with E-state index in [1.807, 2.05) is 18.2 Å². The van der Waals surface area contributed by atoms with Crippen molar-refractivity contribution in [3.05, 3.63) is 40.2 Å². The van der Waals surface area contributed by atoms with Crippen LogP contribution in [0.4, 0.5) is 5.69 Å². The average Bonchev–Trinajstić information content (AvgIpc) is 2.38. The van der Waals surface area contributed by atoms with Crippen molar-refractivity contribution in [3.63, 3.8) is 0 Å².